The van der Waals surface area contributed by atoms with E-state index in [4.69, 9.17) is 15.7 Å². The van der Waals surface area contributed by atoms with Crippen molar-refractivity contribution in [3.63, 3.8) is 0 Å². The van der Waals surface area contributed by atoms with Gasteiger partial charge in [0, 0.05) is 62.3 Å². The number of fused-ring (bicyclic) bond motifs is 1. The number of rotatable bonds is 4. The molecule has 5 heterocycles. The summed E-state index contributed by atoms with van der Waals surface area (Å²) in [7, 11) is 0. The lowest BCUT2D eigenvalue weighted by Crippen LogP contribution is -2.42. The van der Waals surface area contributed by atoms with Crippen molar-refractivity contribution in [2.24, 2.45) is 11.1 Å². The molecule has 5 rings (SSSR count). The highest BCUT2D eigenvalue weighted by Gasteiger charge is 2.40. The fourth-order valence-electron chi connectivity index (χ4n) is 4.84. The zero-order chi connectivity index (χ0) is 19.7. The number of hydrogen-bond donors (Lipinski definition) is 1. The highest BCUT2D eigenvalue weighted by Crippen LogP contribution is 2.41. The maximum Gasteiger partial charge on any atom is 0.162 e. The van der Waals surface area contributed by atoms with Gasteiger partial charge in [-0.3, -0.25) is 9.97 Å². The lowest BCUT2D eigenvalue weighted by atomic mass is 9.78. The Labute approximate surface area is 183 Å². The maximum atomic E-state index is 5.77. The number of halogens is 1. The molecule has 2 fully saturated rings. The Bertz CT molecular complexity index is 989. The molecule has 2 aliphatic heterocycles. The Kier molecular flexibility index (Phi) is 6.13. The molecule has 0 radical (unpaired) electrons. The molecule has 8 heteroatoms. The van der Waals surface area contributed by atoms with Crippen LogP contribution >= 0.6 is 12.4 Å². The molecule has 0 unspecified atom stereocenters. The van der Waals surface area contributed by atoms with Crippen LogP contribution in [-0.4, -0.2) is 64.1 Å². The highest BCUT2D eigenvalue weighted by atomic mass is 35.5. The Morgan fingerprint density at radius 3 is 2.43 bits per heavy atom. The van der Waals surface area contributed by atoms with Gasteiger partial charge in [-0.1, -0.05) is 0 Å². The van der Waals surface area contributed by atoms with Crippen LogP contribution in [0, 0.1) is 5.41 Å². The minimum atomic E-state index is 0. The smallest absolute Gasteiger partial charge is 0.162 e. The third kappa shape index (κ3) is 3.97. The van der Waals surface area contributed by atoms with Gasteiger partial charge in [-0.2, -0.15) is 0 Å². The molecule has 1 spiro atoms. The molecule has 0 atom stereocenters. The van der Waals surface area contributed by atoms with Crippen LogP contribution in [0.15, 0.2) is 43.0 Å². The second-order valence-corrected chi connectivity index (χ2v) is 8.30. The van der Waals surface area contributed by atoms with Gasteiger partial charge >= 0.3 is 0 Å². The quantitative estimate of drug-likeness (QED) is 0.687. The molecule has 158 valence electrons. The van der Waals surface area contributed by atoms with Gasteiger partial charge in [-0.15, -0.1) is 12.4 Å². The van der Waals surface area contributed by atoms with Crippen LogP contribution in [0.5, 0.6) is 0 Å². The molecule has 0 aliphatic carbocycles. The highest BCUT2D eigenvalue weighted by molar-refractivity contribution is 5.90. The average molecular weight is 426 g/mol. The van der Waals surface area contributed by atoms with Crippen molar-refractivity contribution in [2.45, 2.75) is 19.3 Å². The summed E-state index contributed by atoms with van der Waals surface area (Å²) >= 11 is 0. The molecule has 0 saturated carbocycles. The molecule has 2 aliphatic rings. The van der Waals surface area contributed by atoms with E-state index in [1.807, 2.05) is 30.6 Å². The van der Waals surface area contributed by atoms with Crippen LogP contribution in [0.3, 0.4) is 0 Å². The summed E-state index contributed by atoms with van der Waals surface area (Å²) in [6.07, 6.45) is 10.9. The van der Waals surface area contributed by atoms with E-state index in [0.29, 0.717) is 5.41 Å². The van der Waals surface area contributed by atoms with Crippen molar-refractivity contribution in [3.05, 3.63) is 43.0 Å². The second-order valence-electron chi connectivity index (χ2n) is 8.30. The predicted molar refractivity (Wildman–Crippen MR) is 122 cm³/mol. The molecule has 3 aromatic heterocycles. The van der Waals surface area contributed by atoms with Gasteiger partial charge in [0.1, 0.15) is 5.82 Å². The summed E-state index contributed by atoms with van der Waals surface area (Å²) in [6.45, 7) is 6.20. The van der Waals surface area contributed by atoms with Crippen LogP contribution in [-0.2, 0) is 0 Å². The predicted octanol–water partition coefficient (Wildman–Crippen LogP) is 2.76. The molecule has 7 nitrogen and oxygen atoms in total. The van der Waals surface area contributed by atoms with E-state index in [-0.39, 0.29) is 12.4 Å². The Balaban J connectivity index is 0.00000218. The number of nitrogens with two attached hydrogens (primary N) is 1. The Morgan fingerprint density at radius 2 is 1.67 bits per heavy atom. The monoisotopic (exact) mass is 425 g/mol. The first-order chi connectivity index (χ1) is 14.3. The van der Waals surface area contributed by atoms with Crippen molar-refractivity contribution < 1.29 is 0 Å². The number of likely N-dealkylation sites (tertiary alicyclic amines) is 1. The van der Waals surface area contributed by atoms with Crippen molar-refractivity contribution in [3.8, 4) is 11.4 Å². The topological polar surface area (TPSA) is 84.1 Å². The van der Waals surface area contributed by atoms with Crippen LogP contribution in [0.25, 0.3) is 22.3 Å². The third-order valence-electron chi connectivity index (χ3n) is 6.50. The molecular formula is C22H28ClN7. The van der Waals surface area contributed by atoms with Crippen LogP contribution in [0.4, 0.5) is 5.82 Å². The summed E-state index contributed by atoms with van der Waals surface area (Å²) in [5.41, 5.74) is 8.08. The third-order valence-corrected chi connectivity index (χ3v) is 6.50. The Hall–Kier alpha value is -2.35. The van der Waals surface area contributed by atoms with E-state index in [1.54, 1.807) is 12.4 Å². The number of hydrogen-bond acceptors (Lipinski definition) is 7. The molecule has 0 aromatic carbocycles. The summed E-state index contributed by atoms with van der Waals surface area (Å²) in [5.74, 6) is 1.76. The molecular weight excluding hydrogens is 398 g/mol. The molecule has 2 N–H and O–H groups in total. The lowest BCUT2D eigenvalue weighted by molar-refractivity contribution is 0.211. The van der Waals surface area contributed by atoms with Gasteiger partial charge in [0.25, 0.3) is 0 Å². The van der Waals surface area contributed by atoms with Crippen molar-refractivity contribution in [1.82, 2.24) is 24.8 Å². The summed E-state index contributed by atoms with van der Waals surface area (Å²) in [6, 6.07) is 5.94. The second kappa shape index (κ2) is 8.79. The normalized spacial score (nSPS) is 18.6. The first-order valence-corrected chi connectivity index (χ1v) is 10.5. The van der Waals surface area contributed by atoms with E-state index >= 15 is 0 Å². The SMILES string of the molecule is Cl.NCCN1CCC2(CCN(c3nc(-c4ccncc4)nc4cnccc34)CC2)C1. The van der Waals surface area contributed by atoms with Crippen LogP contribution in [0.1, 0.15) is 19.3 Å². The van der Waals surface area contributed by atoms with E-state index in [9.17, 15) is 0 Å². The fraction of sp³-hybridized carbons (Fsp3) is 0.455. The molecule has 0 amide bonds. The van der Waals surface area contributed by atoms with Gasteiger partial charge in [-0.25, -0.2) is 9.97 Å². The van der Waals surface area contributed by atoms with Crippen molar-refractivity contribution in [1.29, 1.82) is 0 Å². The van der Waals surface area contributed by atoms with Gasteiger partial charge in [-0.05, 0) is 49.4 Å². The largest absolute Gasteiger partial charge is 0.356 e. The van der Waals surface area contributed by atoms with E-state index in [0.717, 1.165) is 54.3 Å². The first kappa shape index (κ1) is 20.9. The van der Waals surface area contributed by atoms with E-state index < -0.39 is 0 Å². The molecule has 3 aromatic rings. The van der Waals surface area contributed by atoms with Crippen molar-refractivity contribution in [2.75, 3.05) is 44.2 Å². The van der Waals surface area contributed by atoms with E-state index in [2.05, 4.69) is 19.8 Å². The molecule has 0 bridgehead atoms. The summed E-state index contributed by atoms with van der Waals surface area (Å²) in [4.78, 5) is 23.1. The van der Waals surface area contributed by atoms with Gasteiger partial charge < -0.3 is 15.5 Å². The van der Waals surface area contributed by atoms with Gasteiger partial charge in [0.2, 0.25) is 0 Å². The number of piperidine rings is 1. The zero-order valence-corrected chi connectivity index (χ0v) is 17.9. The number of aromatic nitrogens is 4. The van der Waals surface area contributed by atoms with Crippen LogP contribution < -0.4 is 10.6 Å². The van der Waals surface area contributed by atoms with Crippen LogP contribution in [0.2, 0.25) is 0 Å². The maximum absolute atomic E-state index is 5.77. The number of nitrogens with zero attached hydrogens (tertiary/aromatic N) is 6. The van der Waals surface area contributed by atoms with Gasteiger partial charge in [0.15, 0.2) is 5.82 Å². The zero-order valence-electron chi connectivity index (χ0n) is 17.1. The first-order valence-electron chi connectivity index (χ1n) is 10.5. The summed E-state index contributed by atoms with van der Waals surface area (Å²) < 4.78 is 0. The molecule has 30 heavy (non-hydrogen) atoms. The van der Waals surface area contributed by atoms with E-state index in [1.165, 1.54) is 32.4 Å². The minimum absolute atomic E-state index is 0. The minimum Gasteiger partial charge on any atom is -0.356 e. The van der Waals surface area contributed by atoms with Crippen molar-refractivity contribution >= 4 is 29.1 Å². The lowest BCUT2D eigenvalue weighted by Gasteiger charge is -2.40. The Morgan fingerprint density at radius 1 is 0.933 bits per heavy atom. The molecule has 2 saturated heterocycles. The standard InChI is InChI=1S/C22H27N7.ClH/c23-7-14-28-11-4-22(16-28)5-12-29(13-6-22)21-18-3-10-25-15-19(18)26-20(27-21)17-1-8-24-9-2-17;/h1-3,8-10,15H,4-7,11-14,16,23H2;1H. The number of pyridine rings is 2. The summed E-state index contributed by atoms with van der Waals surface area (Å²) in [5, 5.41) is 1.07. The van der Waals surface area contributed by atoms with Gasteiger partial charge in [0.05, 0.1) is 11.7 Å². The number of anilines is 1. The average Bonchev–Trinajstić information content (AvgIpc) is 3.16. The fourth-order valence-corrected chi connectivity index (χ4v) is 4.84.